The first kappa shape index (κ1) is 14.8. The van der Waals surface area contributed by atoms with Crippen LogP contribution in [0.2, 0.25) is 5.15 Å². The molecule has 2 aromatic heterocycles. The van der Waals surface area contributed by atoms with Crippen LogP contribution in [0.5, 0.6) is 0 Å². The van der Waals surface area contributed by atoms with Gasteiger partial charge < -0.3 is 4.74 Å². The van der Waals surface area contributed by atoms with Gasteiger partial charge in [0.05, 0.1) is 23.5 Å². The number of hydrazone groups is 1. The van der Waals surface area contributed by atoms with Crippen molar-refractivity contribution in [1.82, 2.24) is 19.8 Å². The van der Waals surface area contributed by atoms with Crippen LogP contribution < -0.4 is 0 Å². The molecule has 6 nitrogen and oxygen atoms in total. The third kappa shape index (κ3) is 2.92. The molecule has 0 saturated carbocycles. The summed E-state index contributed by atoms with van der Waals surface area (Å²) in [5.74, 6) is 0.520. The summed E-state index contributed by atoms with van der Waals surface area (Å²) in [5, 5.41) is 11.3. The smallest absolute Gasteiger partial charge is 0.243 e. The third-order valence-corrected chi connectivity index (χ3v) is 3.73. The first-order chi connectivity index (χ1) is 10.7. The molecule has 0 saturated heterocycles. The van der Waals surface area contributed by atoms with Gasteiger partial charge in [-0.1, -0.05) is 18.5 Å². The predicted octanol–water partition coefficient (Wildman–Crippen LogP) is 2.71. The lowest BCUT2D eigenvalue weighted by Crippen LogP contribution is -2.39. The zero-order valence-corrected chi connectivity index (χ0v) is 13.4. The van der Waals surface area contributed by atoms with Gasteiger partial charge in [-0.15, -0.1) is 5.10 Å². The summed E-state index contributed by atoms with van der Waals surface area (Å²) < 4.78 is 7.42. The van der Waals surface area contributed by atoms with Gasteiger partial charge in [-0.25, -0.2) is 4.68 Å². The van der Waals surface area contributed by atoms with Crippen molar-refractivity contribution in [2.45, 2.75) is 26.3 Å². The molecule has 3 rings (SSSR count). The summed E-state index contributed by atoms with van der Waals surface area (Å²) >= 11 is 6.26. The number of hydrogen-bond donors (Lipinski definition) is 0. The van der Waals surface area contributed by atoms with E-state index in [0.29, 0.717) is 23.2 Å². The quantitative estimate of drug-likeness (QED) is 0.869. The Morgan fingerprint density at radius 1 is 1.45 bits per heavy atom. The molecular weight excluding hydrogens is 302 g/mol. The molecule has 1 aliphatic rings. The molecule has 22 heavy (non-hydrogen) atoms. The van der Waals surface area contributed by atoms with E-state index in [4.69, 9.17) is 16.3 Å². The van der Waals surface area contributed by atoms with Crippen LogP contribution in [0, 0.1) is 0 Å². The second-order valence-electron chi connectivity index (χ2n) is 5.22. The maximum atomic E-state index is 6.26. The maximum absolute atomic E-state index is 6.26. The number of halogens is 1. The van der Waals surface area contributed by atoms with Gasteiger partial charge in [0.1, 0.15) is 6.61 Å². The van der Waals surface area contributed by atoms with E-state index >= 15 is 0 Å². The Kier molecular flexibility index (Phi) is 4.29. The molecule has 0 spiro atoms. The fourth-order valence-corrected chi connectivity index (χ4v) is 2.49. The van der Waals surface area contributed by atoms with Gasteiger partial charge in [-0.3, -0.25) is 9.99 Å². The topological polar surface area (TPSA) is 55.5 Å². The minimum atomic E-state index is 0.260. The summed E-state index contributed by atoms with van der Waals surface area (Å²) in [7, 11) is 0. The van der Waals surface area contributed by atoms with Crippen LogP contribution in [0.25, 0.3) is 5.69 Å². The first-order valence-corrected chi connectivity index (χ1v) is 7.70. The van der Waals surface area contributed by atoms with E-state index in [9.17, 15) is 0 Å². The highest BCUT2D eigenvalue weighted by Crippen LogP contribution is 2.21. The number of aromatic nitrogens is 3. The summed E-state index contributed by atoms with van der Waals surface area (Å²) in [6.07, 6.45) is 6.29. The summed E-state index contributed by atoms with van der Waals surface area (Å²) in [4.78, 5) is 4.09. The lowest BCUT2D eigenvalue weighted by atomic mass is 10.3. The molecule has 1 unspecified atom stereocenters. The van der Waals surface area contributed by atoms with Crippen LogP contribution in [-0.2, 0) is 4.74 Å². The van der Waals surface area contributed by atoms with Crippen molar-refractivity contribution in [3.05, 3.63) is 41.4 Å². The molecule has 0 aromatic carbocycles. The second kappa shape index (κ2) is 6.36. The summed E-state index contributed by atoms with van der Waals surface area (Å²) in [5.41, 5.74) is 1.53. The van der Waals surface area contributed by atoms with E-state index in [1.54, 1.807) is 17.1 Å². The number of rotatable bonds is 4. The predicted molar refractivity (Wildman–Crippen MR) is 85.3 cm³/mol. The van der Waals surface area contributed by atoms with Crippen molar-refractivity contribution in [1.29, 1.82) is 0 Å². The van der Waals surface area contributed by atoms with Crippen LogP contribution in [0.15, 0.2) is 35.8 Å². The van der Waals surface area contributed by atoms with Crippen LogP contribution in [0.3, 0.4) is 0 Å². The maximum Gasteiger partial charge on any atom is 0.243 e. The fraction of sp³-hybridized carbons (Fsp3) is 0.400. The molecule has 0 bridgehead atoms. The van der Waals surface area contributed by atoms with E-state index in [2.05, 4.69) is 29.0 Å². The molecule has 0 N–H and O–H groups in total. The molecule has 7 heteroatoms. The summed E-state index contributed by atoms with van der Waals surface area (Å²) in [6, 6.07) is 4.02. The van der Waals surface area contributed by atoms with E-state index in [0.717, 1.165) is 18.7 Å². The number of hydrogen-bond acceptors (Lipinski definition) is 5. The molecule has 116 valence electrons. The minimum absolute atomic E-state index is 0.260. The second-order valence-corrected chi connectivity index (χ2v) is 5.58. The van der Waals surface area contributed by atoms with Crippen molar-refractivity contribution < 1.29 is 4.74 Å². The Hall–Kier alpha value is -2.08. The van der Waals surface area contributed by atoms with E-state index in [1.807, 2.05) is 23.3 Å². The van der Waals surface area contributed by atoms with Gasteiger partial charge in [-0.05, 0) is 25.5 Å². The average Bonchev–Trinajstić information content (AvgIpc) is 2.93. The standard InChI is InChI=1S/C15H18ClN5O/c1-3-7-20-11(2)10-22-15(19-20)13-9-21(18-14(13)16)12-5-4-6-17-8-12/h4-6,8-9,11H,3,7,10H2,1-2H3. The Labute approximate surface area is 134 Å². The average molecular weight is 320 g/mol. The Balaban J connectivity index is 1.92. The molecule has 0 fully saturated rings. The number of nitrogens with zero attached hydrogens (tertiary/aromatic N) is 5. The van der Waals surface area contributed by atoms with Crippen molar-refractivity contribution in [2.24, 2.45) is 5.10 Å². The highest BCUT2D eigenvalue weighted by Gasteiger charge is 2.24. The van der Waals surface area contributed by atoms with Crippen LogP contribution in [-0.4, -0.2) is 44.9 Å². The van der Waals surface area contributed by atoms with E-state index < -0.39 is 0 Å². The van der Waals surface area contributed by atoms with Gasteiger partial charge in [0.15, 0.2) is 5.15 Å². The van der Waals surface area contributed by atoms with E-state index in [1.165, 1.54) is 0 Å². The third-order valence-electron chi connectivity index (χ3n) is 3.45. The van der Waals surface area contributed by atoms with Gasteiger partial charge >= 0.3 is 0 Å². The van der Waals surface area contributed by atoms with Crippen molar-refractivity contribution in [2.75, 3.05) is 13.2 Å². The molecular formula is C15H18ClN5O. The number of ether oxygens (including phenoxy) is 1. The normalized spacial score (nSPS) is 18.0. The zero-order chi connectivity index (χ0) is 15.5. The summed E-state index contributed by atoms with van der Waals surface area (Å²) in [6.45, 7) is 5.71. The first-order valence-electron chi connectivity index (χ1n) is 7.33. The SMILES string of the molecule is CCCN1N=C(c2cn(-c3cccnc3)nc2Cl)OCC1C. The van der Waals surface area contributed by atoms with Crippen molar-refractivity contribution in [3.63, 3.8) is 0 Å². The Morgan fingerprint density at radius 2 is 2.32 bits per heavy atom. The van der Waals surface area contributed by atoms with E-state index in [-0.39, 0.29) is 6.04 Å². The fourth-order valence-electron chi connectivity index (χ4n) is 2.28. The highest BCUT2D eigenvalue weighted by molar-refractivity contribution is 6.32. The molecule has 3 heterocycles. The Bertz CT molecular complexity index is 670. The van der Waals surface area contributed by atoms with Crippen molar-refractivity contribution in [3.8, 4) is 5.69 Å². The van der Waals surface area contributed by atoms with Crippen LogP contribution in [0.4, 0.5) is 0 Å². The lowest BCUT2D eigenvalue weighted by molar-refractivity contribution is 0.109. The van der Waals surface area contributed by atoms with Crippen molar-refractivity contribution >= 4 is 17.5 Å². The largest absolute Gasteiger partial charge is 0.474 e. The number of pyridine rings is 1. The Morgan fingerprint density at radius 3 is 3.05 bits per heavy atom. The van der Waals surface area contributed by atoms with Crippen LogP contribution in [0.1, 0.15) is 25.8 Å². The zero-order valence-electron chi connectivity index (χ0n) is 12.6. The molecule has 1 atom stereocenters. The molecule has 0 radical (unpaired) electrons. The molecule has 0 amide bonds. The minimum Gasteiger partial charge on any atom is -0.474 e. The molecule has 2 aromatic rings. The highest BCUT2D eigenvalue weighted by atomic mass is 35.5. The van der Waals surface area contributed by atoms with Crippen LogP contribution >= 0.6 is 11.6 Å². The lowest BCUT2D eigenvalue weighted by Gasteiger charge is -2.31. The van der Waals surface area contributed by atoms with Gasteiger partial charge in [-0.2, -0.15) is 5.10 Å². The molecule has 0 aliphatic carbocycles. The van der Waals surface area contributed by atoms with Gasteiger partial charge in [0.2, 0.25) is 5.90 Å². The molecule has 1 aliphatic heterocycles. The van der Waals surface area contributed by atoms with Gasteiger partial charge in [0, 0.05) is 18.9 Å². The van der Waals surface area contributed by atoms with Gasteiger partial charge in [0.25, 0.3) is 0 Å². The monoisotopic (exact) mass is 319 g/mol.